The monoisotopic (exact) mass is 606 g/mol. The van der Waals surface area contributed by atoms with Crippen molar-refractivity contribution in [2.45, 2.75) is 20.5 Å². The Morgan fingerprint density at radius 3 is 2.48 bits per heavy atom. The summed E-state index contributed by atoms with van der Waals surface area (Å²) in [6.45, 7) is 3.55. The number of urea groups is 1. The van der Waals surface area contributed by atoms with Crippen LogP contribution in [0.15, 0.2) is 78.5 Å². The number of para-hydroxylation sites is 1. The number of anilines is 1. The first-order chi connectivity index (χ1) is 20.1. The van der Waals surface area contributed by atoms with Crippen LogP contribution in [0.4, 0.5) is 14.9 Å². The van der Waals surface area contributed by atoms with Gasteiger partial charge in [-0.1, -0.05) is 41.4 Å². The van der Waals surface area contributed by atoms with Gasteiger partial charge in [0.1, 0.15) is 30.4 Å². The number of carbonyl (C=O) groups excluding carboxylic acids is 3. The van der Waals surface area contributed by atoms with E-state index in [0.717, 1.165) is 27.5 Å². The molecule has 1 aliphatic rings. The van der Waals surface area contributed by atoms with Crippen LogP contribution in [0.3, 0.4) is 0 Å². The molecule has 0 spiro atoms. The molecule has 11 heteroatoms. The number of amides is 4. The number of nitrogens with zero attached hydrogens (tertiary/aromatic N) is 2. The van der Waals surface area contributed by atoms with Gasteiger partial charge in [0.15, 0.2) is 0 Å². The summed E-state index contributed by atoms with van der Waals surface area (Å²) in [6.07, 6.45) is 1.57. The van der Waals surface area contributed by atoms with Gasteiger partial charge < -0.3 is 19.9 Å². The number of ether oxygens (including phenoxy) is 1. The molecule has 0 unspecified atom stereocenters. The van der Waals surface area contributed by atoms with Crippen LogP contribution in [0.1, 0.15) is 22.5 Å². The second kappa shape index (κ2) is 12.1. The highest BCUT2D eigenvalue weighted by Crippen LogP contribution is 2.27. The number of aryl methyl sites for hydroxylation is 1. The van der Waals surface area contributed by atoms with Crippen LogP contribution in [-0.2, 0) is 16.2 Å². The fourth-order valence-electron chi connectivity index (χ4n) is 4.59. The number of hydrogen-bond donors (Lipinski definition) is 2. The molecule has 2 N–H and O–H groups in total. The van der Waals surface area contributed by atoms with E-state index in [0.29, 0.717) is 21.4 Å². The summed E-state index contributed by atoms with van der Waals surface area (Å²) in [5.74, 6) is -1.32. The molecule has 1 saturated heterocycles. The third-order valence-electron chi connectivity index (χ3n) is 6.69. The van der Waals surface area contributed by atoms with E-state index in [9.17, 15) is 18.8 Å². The van der Waals surface area contributed by atoms with Crippen molar-refractivity contribution < 1.29 is 23.5 Å². The first-order valence-corrected chi connectivity index (χ1v) is 13.6. The molecule has 4 amide bonds. The number of aromatic nitrogens is 1. The number of benzene rings is 3. The number of carbonyl (C=O) groups is 3. The van der Waals surface area contributed by atoms with E-state index in [1.54, 1.807) is 24.3 Å². The summed E-state index contributed by atoms with van der Waals surface area (Å²) in [5, 5.41) is 5.99. The summed E-state index contributed by atoms with van der Waals surface area (Å²) in [6, 6.07) is 19.5. The number of nitrogens with one attached hydrogen (secondary N) is 2. The van der Waals surface area contributed by atoms with Crippen LogP contribution >= 0.6 is 23.2 Å². The maximum Gasteiger partial charge on any atom is 0.329 e. The minimum Gasteiger partial charge on any atom is -0.489 e. The van der Waals surface area contributed by atoms with Gasteiger partial charge in [0.05, 0.1) is 5.69 Å². The molecule has 4 aromatic rings. The Morgan fingerprint density at radius 2 is 1.76 bits per heavy atom. The number of halogens is 3. The van der Waals surface area contributed by atoms with Crippen LogP contribution in [-0.4, -0.2) is 33.9 Å². The quantitative estimate of drug-likeness (QED) is 0.173. The van der Waals surface area contributed by atoms with E-state index in [1.807, 2.05) is 54.8 Å². The summed E-state index contributed by atoms with van der Waals surface area (Å²) < 4.78 is 21.7. The molecule has 2 heterocycles. The second-order valence-corrected chi connectivity index (χ2v) is 10.4. The van der Waals surface area contributed by atoms with Gasteiger partial charge >= 0.3 is 6.03 Å². The smallest absolute Gasteiger partial charge is 0.329 e. The van der Waals surface area contributed by atoms with Crippen LogP contribution < -0.4 is 15.4 Å². The Bertz CT molecular complexity index is 1730. The fraction of sp³-hybridized carbons (Fsp3) is 0.129. The number of imide groups is 1. The lowest BCUT2D eigenvalue weighted by Crippen LogP contribution is -2.38. The molecule has 0 aliphatic carbocycles. The maximum atomic E-state index is 13.9. The van der Waals surface area contributed by atoms with Gasteiger partial charge in [0.25, 0.3) is 5.91 Å². The highest BCUT2D eigenvalue weighted by atomic mass is 35.5. The zero-order chi connectivity index (χ0) is 30.0. The Labute approximate surface area is 251 Å². The van der Waals surface area contributed by atoms with Crippen LogP contribution in [0.5, 0.6) is 5.75 Å². The molecule has 3 aromatic carbocycles. The minimum atomic E-state index is -0.737. The van der Waals surface area contributed by atoms with E-state index >= 15 is 0 Å². The molecule has 0 atom stereocenters. The van der Waals surface area contributed by atoms with Gasteiger partial charge in [-0.3, -0.25) is 9.59 Å². The zero-order valence-corrected chi connectivity index (χ0v) is 24.1. The summed E-state index contributed by atoms with van der Waals surface area (Å²) >= 11 is 12.2. The average molecular weight is 607 g/mol. The summed E-state index contributed by atoms with van der Waals surface area (Å²) in [7, 11) is 0. The van der Waals surface area contributed by atoms with Gasteiger partial charge in [-0.05, 0) is 80.1 Å². The van der Waals surface area contributed by atoms with E-state index in [1.165, 1.54) is 18.2 Å². The molecular formula is C31H25Cl2FN4O4. The third-order valence-corrected chi connectivity index (χ3v) is 7.27. The van der Waals surface area contributed by atoms with E-state index in [-0.39, 0.29) is 18.0 Å². The van der Waals surface area contributed by atoms with E-state index in [4.69, 9.17) is 27.9 Å². The van der Waals surface area contributed by atoms with Crippen molar-refractivity contribution in [1.29, 1.82) is 0 Å². The predicted octanol–water partition coefficient (Wildman–Crippen LogP) is 6.65. The second-order valence-electron chi connectivity index (χ2n) is 9.59. The molecule has 1 fully saturated rings. The van der Waals surface area contributed by atoms with E-state index in [2.05, 4.69) is 10.6 Å². The SMILES string of the molecule is Cc1cc(/C=C2/NC(=O)N(CC(=O)Nc3ccccc3F)C2=O)c(C)n1-c1ccc(OCc2ccc(Cl)cc2Cl)cc1. The van der Waals surface area contributed by atoms with Gasteiger partial charge in [0.2, 0.25) is 5.91 Å². The highest BCUT2D eigenvalue weighted by Gasteiger charge is 2.35. The lowest BCUT2D eigenvalue weighted by molar-refractivity contribution is -0.127. The largest absolute Gasteiger partial charge is 0.489 e. The lowest BCUT2D eigenvalue weighted by atomic mass is 10.2. The maximum absolute atomic E-state index is 13.9. The highest BCUT2D eigenvalue weighted by molar-refractivity contribution is 6.35. The summed E-state index contributed by atoms with van der Waals surface area (Å²) in [4.78, 5) is 38.6. The van der Waals surface area contributed by atoms with Gasteiger partial charge in [-0.15, -0.1) is 0 Å². The minimum absolute atomic E-state index is 0.0311. The van der Waals surface area contributed by atoms with Crippen LogP contribution in [0, 0.1) is 19.7 Å². The van der Waals surface area contributed by atoms with Crippen molar-refractivity contribution in [3.05, 3.63) is 117 Å². The Hall–Kier alpha value is -4.60. The topological polar surface area (TPSA) is 92.7 Å². The zero-order valence-electron chi connectivity index (χ0n) is 22.6. The average Bonchev–Trinajstić information content (AvgIpc) is 3.38. The van der Waals surface area contributed by atoms with Crippen molar-refractivity contribution in [3.63, 3.8) is 0 Å². The predicted molar refractivity (Wildman–Crippen MR) is 159 cm³/mol. The Kier molecular flexibility index (Phi) is 8.33. The van der Waals surface area contributed by atoms with Crippen molar-refractivity contribution in [1.82, 2.24) is 14.8 Å². The number of hydrogen-bond acceptors (Lipinski definition) is 4. The molecule has 0 radical (unpaired) electrons. The van der Waals surface area contributed by atoms with Crippen LogP contribution in [0.25, 0.3) is 11.8 Å². The molecule has 0 bridgehead atoms. The molecule has 5 rings (SSSR count). The fourth-order valence-corrected chi connectivity index (χ4v) is 5.05. The Morgan fingerprint density at radius 1 is 1.02 bits per heavy atom. The Balaban J connectivity index is 1.27. The molecule has 1 aromatic heterocycles. The summed E-state index contributed by atoms with van der Waals surface area (Å²) in [5.41, 5.74) is 4.13. The molecule has 8 nitrogen and oxygen atoms in total. The first kappa shape index (κ1) is 28.9. The van der Waals surface area contributed by atoms with Crippen molar-refractivity contribution in [2.24, 2.45) is 0 Å². The lowest BCUT2D eigenvalue weighted by Gasteiger charge is -2.12. The molecule has 1 aliphatic heterocycles. The molecule has 214 valence electrons. The van der Waals surface area contributed by atoms with Crippen LogP contribution in [0.2, 0.25) is 10.0 Å². The normalized spacial score (nSPS) is 13.9. The van der Waals surface area contributed by atoms with Crippen molar-refractivity contribution in [2.75, 3.05) is 11.9 Å². The molecule has 0 saturated carbocycles. The van der Waals surface area contributed by atoms with Crippen molar-refractivity contribution >= 4 is 52.8 Å². The number of rotatable bonds is 8. The first-order valence-electron chi connectivity index (χ1n) is 12.9. The van der Waals surface area contributed by atoms with E-state index < -0.39 is 30.2 Å². The van der Waals surface area contributed by atoms with Gasteiger partial charge in [0, 0.05) is 32.7 Å². The third kappa shape index (κ3) is 6.17. The van der Waals surface area contributed by atoms with Gasteiger partial charge in [-0.2, -0.15) is 0 Å². The molecular weight excluding hydrogens is 582 g/mol. The van der Waals surface area contributed by atoms with Crippen molar-refractivity contribution in [3.8, 4) is 11.4 Å². The van der Waals surface area contributed by atoms with Gasteiger partial charge in [-0.25, -0.2) is 14.1 Å². The standard InChI is InChI=1S/C31H25Cl2FN4O4/c1-18-13-21(14-28-30(40)37(31(41)36-28)16-29(39)35-27-6-4-3-5-26(27)34)19(2)38(18)23-9-11-24(12-10-23)42-17-20-7-8-22(32)15-25(20)33/h3-15H,16-17H2,1-2H3,(H,35,39)(H,36,41)/b28-14+. The molecule has 42 heavy (non-hydrogen) atoms.